The van der Waals surface area contributed by atoms with E-state index in [1.54, 1.807) is 0 Å². The molecule has 8 aliphatic rings. The molecule has 2 spiro atoms. The zero-order chi connectivity index (χ0) is 16.3. The van der Waals surface area contributed by atoms with Crippen molar-refractivity contribution >= 4 is 5.97 Å². The maximum absolute atomic E-state index is 13.1. The van der Waals surface area contributed by atoms with Gasteiger partial charge in [-0.05, 0) is 43.9 Å². The van der Waals surface area contributed by atoms with Crippen LogP contribution in [-0.4, -0.2) is 48.2 Å². The summed E-state index contributed by atoms with van der Waals surface area (Å²) in [6.07, 6.45) is 4.56. The minimum Gasteiger partial charge on any atom is -0.463 e. The van der Waals surface area contributed by atoms with Crippen LogP contribution in [0.25, 0.3) is 0 Å². The molecular formula is C19H24O5. The largest absolute Gasteiger partial charge is 0.463 e. The summed E-state index contributed by atoms with van der Waals surface area (Å²) < 4.78 is 25.2. The van der Waals surface area contributed by atoms with Gasteiger partial charge in [-0.15, -0.1) is 0 Å². The van der Waals surface area contributed by atoms with E-state index in [1.807, 2.05) is 0 Å². The molecule has 8 rings (SSSR count). The molecular weight excluding hydrogens is 308 g/mol. The smallest absolute Gasteiger partial charge is 0.339 e. The van der Waals surface area contributed by atoms with Crippen LogP contribution in [-0.2, 0) is 23.7 Å². The Balaban J connectivity index is 1.55. The first-order valence-corrected chi connectivity index (χ1v) is 9.50. The Labute approximate surface area is 141 Å². The quantitative estimate of drug-likeness (QED) is 0.500. The van der Waals surface area contributed by atoms with Crippen molar-refractivity contribution < 1.29 is 23.7 Å². The fourth-order valence-electron chi connectivity index (χ4n) is 8.27. The number of hydrogen-bond acceptors (Lipinski definition) is 5. The van der Waals surface area contributed by atoms with Gasteiger partial charge in [0.05, 0.1) is 40.8 Å². The molecule has 0 aromatic heterocycles. The Morgan fingerprint density at radius 1 is 1.08 bits per heavy atom. The van der Waals surface area contributed by atoms with Crippen molar-refractivity contribution in [3.8, 4) is 0 Å². The summed E-state index contributed by atoms with van der Waals surface area (Å²) in [4.78, 5) is 13.1. The van der Waals surface area contributed by atoms with E-state index in [1.165, 1.54) is 0 Å². The number of hydrogen-bond donors (Lipinski definition) is 0. The fraction of sp³-hybridized carbons (Fsp3) is 0.947. The third-order valence-electron chi connectivity index (χ3n) is 9.15. The van der Waals surface area contributed by atoms with Gasteiger partial charge >= 0.3 is 5.97 Å². The van der Waals surface area contributed by atoms with E-state index in [-0.39, 0.29) is 46.1 Å². The molecule has 5 nitrogen and oxygen atoms in total. The number of rotatable bonds is 0. The highest BCUT2D eigenvalue weighted by molar-refractivity contribution is 5.85. The summed E-state index contributed by atoms with van der Waals surface area (Å²) in [6, 6.07) is 0. The monoisotopic (exact) mass is 332 g/mol. The molecule has 130 valence electrons. The molecule has 4 saturated carbocycles. The Kier molecular flexibility index (Phi) is 1.81. The minimum atomic E-state index is -0.794. The summed E-state index contributed by atoms with van der Waals surface area (Å²) >= 11 is 0. The van der Waals surface area contributed by atoms with Gasteiger partial charge in [0, 0.05) is 0 Å². The standard InChI is InChI=1S/C19H24O5/c1-15(2)7-10-11(22-10)17-8-21-14(20)19(24-12(15)17)6-9-4-5-18(17,19)13-16(9,3)23-13/h9-13H,4-8H2,1-3H3/t9-,10+,11+,12-,13-,16-,17-,18-,19+/m1/s1. The van der Waals surface area contributed by atoms with Crippen LogP contribution in [0.1, 0.15) is 46.5 Å². The van der Waals surface area contributed by atoms with Crippen LogP contribution in [0.4, 0.5) is 0 Å². The highest BCUT2D eigenvalue weighted by Gasteiger charge is 2.95. The SMILES string of the molecule is CC1(C)C[C@@H]2O[C@@H]2[C@@]23COC(=O)[C@]4(C[C@H]5CC[C@@]24[C@@H]2O[C@]52C)O[C@H]13. The van der Waals surface area contributed by atoms with Crippen molar-refractivity contribution in [2.75, 3.05) is 6.61 Å². The Bertz CT molecular complexity index is 719. The molecule has 9 atom stereocenters. The van der Waals surface area contributed by atoms with Crippen molar-refractivity contribution in [1.29, 1.82) is 0 Å². The molecule has 0 aromatic rings. The number of ether oxygens (including phenoxy) is 4. The van der Waals surface area contributed by atoms with Gasteiger partial charge in [-0.25, -0.2) is 4.79 Å². The number of fused-ring (bicyclic) bond motifs is 2. The van der Waals surface area contributed by atoms with Gasteiger partial charge < -0.3 is 18.9 Å². The van der Waals surface area contributed by atoms with E-state index in [9.17, 15) is 4.79 Å². The van der Waals surface area contributed by atoms with E-state index in [4.69, 9.17) is 18.9 Å². The van der Waals surface area contributed by atoms with Crippen LogP contribution in [0.2, 0.25) is 0 Å². The number of esters is 1. The predicted molar refractivity (Wildman–Crippen MR) is 81.1 cm³/mol. The molecule has 0 unspecified atom stereocenters. The van der Waals surface area contributed by atoms with Gasteiger partial charge in [0.25, 0.3) is 0 Å². The van der Waals surface area contributed by atoms with E-state index < -0.39 is 5.60 Å². The lowest BCUT2D eigenvalue weighted by Gasteiger charge is -2.61. The molecule has 4 bridgehead atoms. The van der Waals surface area contributed by atoms with E-state index in [2.05, 4.69) is 20.8 Å². The fourth-order valence-corrected chi connectivity index (χ4v) is 8.27. The van der Waals surface area contributed by atoms with Crippen LogP contribution < -0.4 is 0 Å². The number of epoxide rings is 2. The van der Waals surface area contributed by atoms with Crippen molar-refractivity contribution in [3.05, 3.63) is 0 Å². The third-order valence-corrected chi connectivity index (χ3v) is 9.15. The molecule has 4 saturated heterocycles. The number of carbonyl (C=O) groups is 1. The number of carbonyl (C=O) groups excluding carboxylic acids is 1. The van der Waals surface area contributed by atoms with Gasteiger partial charge in [-0.2, -0.15) is 0 Å². The van der Waals surface area contributed by atoms with Gasteiger partial charge in [-0.1, -0.05) is 13.8 Å². The van der Waals surface area contributed by atoms with E-state index >= 15 is 0 Å². The second-order valence-corrected chi connectivity index (χ2v) is 10.3. The zero-order valence-corrected chi connectivity index (χ0v) is 14.5. The Morgan fingerprint density at radius 3 is 2.75 bits per heavy atom. The van der Waals surface area contributed by atoms with Gasteiger partial charge in [0.15, 0.2) is 5.60 Å². The molecule has 8 fully saturated rings. The molecule has 4 heterocycles. The summed E-state index contributed by atoms with van der Waals surface area (Å²) in [5.74, 6) is 0.282. The zero-order valence-electron chi connectivity index (χ0n) is 14.5. The normalized spacial score (nSPS) is 69.1. The molecule has 0 N–H and O–H groups in total. The van der Waals surface area contributed by atoms with Crippen LogP contribution >= 0.6 is 0 Å². The van der Waals surface area contributed by atoms with Gasteiger partial charge in [0.2, 0.25) is 0 Å². The highest BCUT2D eigenvalue weighted by Crippen LogP contribution is 2.84. The first kappa shape index (κ1) is 13.5. The first-order chi connectivity index (χ1) is 11.3. The average molecular weight is 332 g/mol. The predicted octanol–water partition coefficient (Wildman–Crippen LogP) is 1.82. The highest BCUT2D eigenvalue weighted by atomic mass is 16.7. The lowest BCUT2D eigenvalue weighted by molar-refractivity contribution is -0.223. The molecule has 4 aliphatic carbocycles. The van der Waals surface area contributed by atoms with Crippen LogP contribution in [0.15, 0.2) is 0 Å². The van der Waals surface area contributed by atoms with Crippen molar-refractivity contribution in [2.45, 2.75) is 82.1 Å². The van der Waals surface area contributed by atoms with Crippen LogP contribution in [0.5, 0.6) is 0 Å². The maximum atomic E-state index is 13.1. The van der Waals surface area contributed by atoms with Gasteiger partial charge in [0.1, 0.15) is 6.61 Å². The van der Waals surface area contributed by atoms with E-state index in [0.29, 0.717) is 18.6 Å². The lowest BCUT2D eigenvalue weighted by Crippen LogP contribution is -2.74. The molecule has 0 radical (unpaired) electrons. The summed E-state index contributed by atoms with van der Waals surface area (Å²) in [5, 5.41) is 0. The molecule has 0 amide bonds. The first-order valence-electron chi connectivity index (χ1n) is 9.50. The topological polar surface area (TPSA) is 60.6 Å². The van der Waals surface area contributed by atoms with Crippen molar-refractivity contribution in [2.24, 2.45) is 22.2 Å². The summed E-state index contributed by atoms with van der Waals surface area (Å²) in [6.45, 7) is 7.26. The second-order valence-electron chi connectivity index (χ2n) is 10.3. The van der Waals surface area contributed by atoms with Gasteiger partial charge in [-0.3, -0.25) is 0 Å². The third kappa shape index (κ3) is 0.972. The second kappa shape index (κ2) is 3.21. The maximum Gasteiger partial charge on any atom is 0.339 e. The van der Waals surface area contributed by atoms with Crippen LogP contribution in [0, 0.1) is 22.2 Å². The minimum absolute atomic E-state index is 0.00584. The average Bonchev–Trinajstić information content (AvgIpc) is 3.41. The molecule has 24 heavy (non-hydrogen) atoms. The van der Waals surface area contributed by atoms with E-state index in [0.717, 1.165) is 25.7 Å². The Hall–Kier alpha value is -0.650. The van der Waals surface area contributed by atoms with Crippen molar-refractivity contribution in [1.82, 2.24) is 0 Å². The number of cyclic esters (lactones) is 1. The molecule has 4 aliphatic heterocycles. The molecule has 5 heteroatoms. The van der Waals surface area contributed by atoms with Crippen LogP contribution in [0.3, 0.4) is 0 Å². The summed E-state index contributed by atoms with van der Waals surface area (Å²) in [7, 11) is 0. The Morgan fingerprint density at radius 2 is 1.92 bits per heavy atom. The molecule has 0 aromatic carbocycles. The lowest BCUT2D eigenvalue weighted by atomic mass is 9.39. The van der Waals surface area contributed by atoms with Crippen molar-refractivity contribution in [3.63, 3.8) is 0 Å². The summed E-state index contributed by atoms with van der Waals surface area (Å²) in [5.41, 5.74) is -1.33.